The van der Waals surface area contributed by atoms with Crippen molar-refractivity contribution >= 4 is 47.3 Å². The summed E-state index contributed by atoms with van der Waals surface area (Å²) >= 11 is 0. The van der Waals surface area contributed by atoms with E-state index in [4.69, 9.17) is 16.6 Å². The van der Waals surface area contributed by atoms with Gasteiger partial charge in [0.25, 0.3) is 0 Å². The minimum absolute atomic E-state index is 0.401. The molecule has 0 radical (unpaired) electrons. The quantitative estimate of drug-likeness (QED) is 0.108. The van der Waals surface area contributed by atoms with Gasteiger partial charge in [0.15, 0.2) is 0 Å². The molecular weight excluding hydrogens is 448 g/mol. The van der Waals surface area contributed by atoms with Crippen LogP contribution in [0.3, 0.4) is 0 Å². The first-order valence-corrected chi connectivity index (χ1v) is 9.27. The molecule has 1 atom stereocenters. The fourth-order valence-corrected chi connectivity index (χ4v) is 1.81. The first-order valence-electron chi connectivity index (χ1n) is 9.27. The van der Waals surface area contributed by atoms with Gasteiger partial charge in [-0.2, -0.15) is 0 Å². The summed E-state index contributed by atoms with van der Waals surface area (Å²) in [5.41, 5.74) is 10.3. The third kappa shape index (κ3) is 16.1. The van der Waals surface area contributed by atoms with Crippen LogP contribution in [-0.4, -0.2) is 97.7 Å². The van der Waals surface area contributed by atoms with Crippen molar-refractivity contribution in [2.24, 2.45) is 11.5 Å². The van der Waals surface area contributed by atoms with Crippen LogP contribution in [0.25, 0.3) is 0 Å². The lowest BCUT2D eigenvalue weighted by molar-refractivity contribution is -0.137. The molecule has 0 spiro atoms. The molecule has 184 valence electrons. The maximum Gasteiger partial charge on any atom is 0.322 e. The van der Waals surface area contributed by atoms with Crippen LogP contribution in [0.4, 0.5) is 0 Å². The van der Waals surface area contributed by atoms with Gasteiger partial charge >= 0.3 is 5.97 Å². The van der Waals surface area contributed by atoms with Crippen molar-refractivity contribution in [3.63, 3.8) is 0 Å². The first-order chi connectivity index (χ1) is 15.4. The second-order valence-electron chi connectivity index (χ2n) is 6.27. The summed E-state index contributed by atoms with van der Waals surface area (Å²) in [7, 11) is 0. The molecule has 0 saturated heterocycles. The van der Waals surface area contributed by atoms with Crippen LogP contribution in [0.15, 0.2) is 0 Å². The Morgan fingerprint density at radius 2 is 0.879 bits per heavy atom. The number of carboxylic acids is 1. The molecule has 0 heterocycles. The van der Waals surface area contributed by atoms with Crippen LogP contribution in [0.2, 0.25) is 0 Å². The van der Waals surface area contributed by atoms with Crippen molar-refractivity contribution in [1.82, 2.24) is 31.9 Å². The molecule has 17 heteroatoms. The van der Waals surface area contributed by atoms with E-state index in [0.717, 1.165) is 0 Å². The van der Waals surface area contributed by atoms with Gasteiger partial charge in [-0.05, 0) is 0 Å². The van der Waals surface area contributed by atoms with Gasteiger partial charge in [-0.25, -0.2) is 0 Å². The molecule has 33 heavy (non-hydrogen) atoms. The van der Waals surface area contributed by atoms with Gasteiger partial charge in [-0.15, -0.1) is 0 Å². The molecule has 0 aliphatic carbocycles. The molecule has 0 aliphatic heterocycles. The minimum Gasteiger partial charge on any atom is -0.480 e. The van der Waals surface area contributed by atoms with E-state index >= 15 is 0 Å². The normalized spacial score (nSPS) is 10.7. The van der Waals surface area contributed by atoms with Crippen LogP contribution in [0.5, 0.6) is 0 Å². The maximum atomic E-state index is 11.6. The number of nitrogens with one attached hydrogen (secondary N) is 6. The van der Waals surface area contributed by atoms with E-state index < -0.39 is 99.1 Å². The number of carbonyl (C=O) groups excluding carboxylic acids is 7. The standard InChI is InChI=1S/C16H26N8O9/c17-8(1-9(18)25)16(33)24-6-14(30)22-4-12(28)20-2-10(26)19-3-11(27)21-5-13(29)23-7-15(31)32/h8H,1-7,17H2,(H2,18,25)(H,19,26)(H,20,28)(H,21,27)(H,22,30)(H,23,29)(H,24,33)(H,31,32)/t8-/m0/s1. The number of hydrogen-bond acceptors (Lipinski definition) is 9. The lowest BCUT2D eigenvalue weighted by atomic mass is 10.2. The van der Waals surface area contributed by atoms with Gasteiger partial charge in [0.2, 0.25) is 41.4 Å². The number of aliphatic carboxylic acids is 1. The number of carboxylic acid groups (broad SMARTS) is 1. The van der Waals surface area contributed by atoms with E-state index in [2.05, 4.69) is 26.6 Å². The van der Waals surface area contributed by atoms with Crippen molar-refractivity contribution in [3.8, 4) is 0 Å². The summed E-state index contributed by atoms with van der Waals surface area (Å²) in [6, 6.07) is -1.21. The Morgan fingerprint density at radius 1 is 0.576 bits per heavy atom. The number of rotatable bonds is 15. The molecule has 0 bridgehead atoms. The van der Waals surface area contributed by atoms with Gasteiger partial charge in [0, 0.05) is 0 Å². The van der Waals surface area contributed by atoms with Crippen LogP contribution in [0.1, 0.15) is 6.42 Å². The summed E-state index contributed by atoms with van der Waals surface area (Å²) in [4.78, 5) is 90.0. The molecule has 0 aromatic heterocycles. The summed E-state index contributed by atoms with van der Waals surface area (Å²) in [5, 5.41) is 21.2. The average Bonchev–Trinajstić information content (AvgIpc) is 2.74. The Hall–Kier alpha value is -4.28. The van der Waals surface area contributed by atoms with E-state index in [1.54, 1.807) is 0 Å². The topological polar surface area (TPSA) is 281 Å². The molecular formula is C16H26N8O9. The van der Waals surface area contributed by atoms with Crippen molar-refractivity contribution in [1.29, 1.82) is 0 Å². The highest BCUT2D eigenvalue weighted by Crippen LogP contribution is 1.86. The Bertz CT molecular complexity index is 786. The third-order valence-electron chi connectivity index (χ3n) is 3.40. The van der Waals surface area contributed by atoms with Gasteiger partial charge in [0.05, 0.1) is 45.2 Å². The molecule has 0 saturated carbocycles. The number of primary amides is 1. The van der Waals surface area contributed by atoms with Crippen LogP contribution >= 0.6 is 0 Å². The second-order valence-corrected chi connectivity index (χ2v) is 6.27. The van der Waals surface area contributed by atoms with Crippen LogP contribution in [0, 0.1) is 0 Å². The van der Waals surface area contributed by atoms with Crippen molar-refractivity contribution in [2.75, 3.05) is 39.3 Å². The summed E-state index contributed by atoms with van der Waals surface area (Å²) in [6.07, 6.45) is -0.401. The average molecular weight is 474 g/mol. The van der Waals surface area contributed by atoms with E-state index in [-0.39, 0.29) is 0 Å². The summed E-state index contributed by atoms with van der Waals surface area (Å²) in [5.74, 6) is -6.51. The van der Waals surface area contributed by atoms with Gasteiger partial charge in [-0.3, -0.25) is 38.4 Å². The predicted octanol–water partition coefficient (Wildman–Crippen LogP) is -7.03. The molecule has 17 nitrogen and oxygen atoms in total. The number of amides is 7. The molecule has 11 N–H and O–H groups in total. The Balaban J connectivity index is 3.96. The monoisotopic (exact) mass is 474 g/mol. The second kappa shape index (κ2) is 15.5. The summed E-state index contributed by atoms with van der Waals surface area (Å²) < 4.78 is 0. The van der Waals surface area contributed by atoms with Crippen molar-refractivity contribution < 1.29 is 43.5 Å². The molecule has 0 aromatic rings. The molecule has 0 aromatic carbocycles. The zero-order chi connectivity index (χ0) is 25.4. The molecule has 0 fully saturated rings. The molecule has 7 amide bonds. The first kappa shape index (κ1) is 28.7. The fourth-order valence-electron chi connectivity index (χ4n) is 1.81. The van der Waals surface area contributed by atoms with Gasteiger partial charge < -0.3 is 48.5 Å². The smallest absolute Gasteiger partial charge is 0.322 e. The maximum absolute atomic E-state index is 11.6. The molecule has 0 aliphatic rings. The van der Waals surface area contributed by atoms with E-state index in [0.29, 0.717) is 0 Å². The minimum atomic E-state index is -1.25. The fraction of sp³-hybridized carbons (Fsp3) is 0.500. The van der Waals surface area contributed by atoms with Gasteiger partial charge in [-0.1, -0.05) is 0 Å². The highest BCUT2D eigenvalue weighted by Gasteiger charge is 2.17. The Kier molecular flexibility index (Phi) is 13.5. The highest BCUT2D eigenvalue weighted by molar-refractivity contribution is 5.93. The molecule has 0 rings (SSSR count). The third-order valence-corrected chi connectivity index (χ3v) is 3.40. The predicted molar refractivity (Wildman–Crippen MR) is 107 cm³/mol. The van der Waals surface area contributed by atoms with E-state index in [1.807, 2.05) is 5.32 Å². The van der Waals surface area contributed by atoms with E-state index in [1.165, 1.54) is 0 Å². The number of carbonyl (C=O) groups is 8. The number of nitrogens with two attached hydrogens (primary N) is 2. The van der Waals surface area contributed by atoms with Crippen molar-refractivity contribution in [2.45, 2.75) is 12.5 Å². The zero-order valence-corrected chi connectivity index (χ0v) is 17.4. The highest BCUT2D eigenvalue weighted by atomic mass is 16.4. The molecule has 0 unspecified atom stereocenters. The summed E-state index contributed by atoms with van der Waals surface area (Å²) in [6.45, 7) is -3.14. The van der Waals surface area contributed by atoms with Crippen LogP contribution < -0.4 is 43.4 Å². The van der Waals surface area contributed by atoms with Gasteiger partial charge in [0.1, 0.15) is 6.54 Å². The van der Waals surface area contributed by atoms with Crippen LogP contribution in [-0.2, 0) is 38.4 Å². The lowest BCUT2D eigenvalue weighted by Crippen LogP contribution is -2.48. The SMILES string of the molecule is NC(=O)C[C@H](N)C(=O)NCC(=O)NCC(=O)NCC(=O)NCC(=O)NCC(=O)NCC(=O)O. The Labute approximate surface area is 186 Å². The zero-order valence-electron chi connectivity index (χ0n) is 17.4. The lowest BCUT2D eigenvalue weighted by Gasteiger charge is -2.11. The Morgan fingerprint density at radius 3 is 1.18 bits per heavy atom. The van der Waals surface area contributed by atoms with Crippen molar-refractivity contribution in [3.05, 3.63) is 0 Å². The number of hydrogen-bond donors (Lipinski definition) is 9. The largest absolute Gasteiger partial charge is 0.480 e. The van der Waals surface area contributed by atoms with E-state index in [9.17, 15) is 38.4 Å².